The van der Waals surface area contributed by atoms with Crippen LogP contribution in [-0.4, -0.2) is 19.7 Å². The molecule has 2 heteroatoms. The molecule has 0 aliphatic carbocycles. The standard InChI is InChI=1S/C14H23NO/c1-4-9-15-10-11-16-14-8-6-5-7-13(14)12(2)3/h5-8,12,15H,4,9-11H2,1-3H3. The van der Waals surface area contributed by atoms with Crippen LogP contribution >= 0.6 is 0 Å². The van der Waals surface area contributed by atoms with E-state index in [1.54, 1.807) is 0 Å². The molecule has 0 unspecified atom stereocenters. The molecule has 1 rings (SSSR count). The summed E-state index contributed by atoms with van der Waals surface area (Å²) in [5.41, 5.74) is 1.29. The summed E-state index contributed by atoms with van der Waals surface area (Å²) in [5, 5.41) is 3.33. The summed E-state index contributed by atoms with van der Waals surface area (Å²) < 4.78 is 5.78. The fourth-order valence-electron chi connectivity index (χ4n) is 1.62. The molecule has 0 heterocycles. The van der Waals surface area contributed by atoms with E-state index in [9.17, 15) is 0 Å². The smallest absolute Gasteiger partial charge is 0.122 e. The van der Waals surface area contributed by atoms with Gasteiger partial charge in [-0.25, -0.2) is 0 Å². The summed E-state index contributed by atoms with van der Waals surface area (Å²) in [6.45, 7) is 9.27. The molecule has 0 aliphatic rings. The van der Waals surface area contributed by atoms with Crippen LogP contribution in [0.15, 0.2) is 24.3 Å². The van der Waals surface area contributed by atoms with E-state index in [-0.39, 0.29) is 0 Å². The van der Waals surface area contributed by atoms with Gasteiger partial charge in [0.2, 0.25) is 0 Å². The molecule has 2 nitrogen and oxygen atoms in total. The summed E-state index contributed by atoms with van der Waals surface area (Å²) in [6, 6.07) is 8.28. The fourth-order valence-corrected chi connectivity index (χ4v) is 1.62. The predicted molar refractivity (Wildman–Crippen MR) is 69.2 cm³/mol. The van der Waals surface area contributed by atoms with Gasteiger partial charge in [0, 0.05) is 6.54 Å². The summed E-state index contributed by atoms with van der Waals surface area (Å²) in [6.07, 6.45) is 1.17. The first kappa shape index (κ1) is 13.0. The van der Waals surface area contributed by atoms with Crippen molar-refractivity contribution in [1.29, 1.82) is 0 Å². The number of rotatable bonds is 7. The van der Waals surface area contributed by atoms with Crippen molar-refractivity contribution in [2.45, 2.75) is 33.1 Å². The third-order valence-electron chi connectivity index (χ3n) is 2.50. The van der Waals surface area contributed by atoms with Gasteiger partial charge in [-0.3, -0.25) is 0 Å². The van der Waals surface area contributed by atoms with Crippen LogP contribution in [0.25, 0.3) is 0 Å². The van der Waals surface area contributed by atoms with Gasteiger partial charge in [0.25, 0.3) is 0 Å². The normalized spacial score (nSPS) is 10.8. The Morgan fingerprint density at radius 1 is 1.19 bits per heavy atom. The van der Waals surface area contributed by atoms with Crippen LogP contribution in [0.2, 0.25) is 0 Å². The van der Waals surface area contributed by atoms with Gasteiger partial charge in [-0.15, -0.1) is 0 Å². The topological polar surface area (TPSA) is 21.3 Å². The second-order valence-corrected chi connectivity index (χ2v) is 4.29. The Morgan fingerprint density at radius 3 is 2.62 bits per heavy atom. The van der Waals surface area contributed by atoms with Crippen LogP contribution in [0, 0.1) is 0 Å². The fraction of sp³-hybridized carbons (Fsp3) is 0.571. The van der Waals surface area contributed by atoms with Crippen molar-refractivity contribution < 1.29 is 4.74 Å². The molecule has 16 heavy (non-hydrogen) atoms. The van der Waals surface area contributed by atoms with Crippen LogP contribution in [0.3, 0.4) is 0 Å². The maximum absolute atomic E-state index is 5.78. The maximum Gasteiger partial charge on any atom is 0.122 e. The molecule has 0 radical (unpaired) electrons. The number of benzene rings is 1. The summed E-state index contributed by atoms with van der Waals surface area (Å²) >= 11 is 0. The maximum atomic E-state index is 5.78. The lowest BCUT2D eigenvalue weighted by Crippen LogP contribution is -2.21. The van der Waals surface area contributed by atoms with E-state index in [1.165, 1.54) is 12.0 Å². The molecule has 1 aromatic rings. The average molecular weight is 221 g/mol. The van der Waals surface area contributed by atoms with Crippen molar-refractivity contribution in [3.63, 3.8) is 0 Å². The monoisotopic (exact) mass is 221 g/mol. The Morgan fingerprint density at radius 2 is 1.94 bits per heavy atom. The molecule has 0 spiro atoms. The van der Waals surface area contributed by atoms with Gasteiger partial charge < -0.3 is 10.1 Å². The van der Waals surface area contributed by atoms with Gasteiger partial charge in [0.05, 0.1) is 0 Å². The van der Waals surface area contributed by atoms with E-state index in [0.29, 0.717) is 5.92 Å². The first-order chi connectivity index (χ1) is 7.75. The number of ether oxygens (including phenoxy) is 1. The largest absolute Gasteiger partial charge is 0.492 e. The highest BCUT2D eigenvalue weighted by atomic mass is 16.5. The Balaban J connectivity index is 2.41. The number of para-hydroxylation sites is 1. The molecule has 0 saturated carbocycles. The summed E-state index contributed by atoms with van der Waals surface area (Å²) in [4.78, 5) is 0. The number of nitrogens with one attached hydrogen (secondary N) is 1. The van der Waals surface area contributed by atoms with Crippen molar-refractivity contribution in [3.05, 3.63) is 29.8 Å². The van der Waals surface area contributed by atoms with Crippen molar-refractivity contribution in [3.8, 4) is 5.75 Å². The minimum absolute atomic E-state index is 0.514. The third-order valence-corrected chi connectivity index (χ3v) is 2.50. The molecule has 1 N–H and O–H groups in total. The van der Waals surface area contributed by atoms with Gasteiger partial charge in [-0.1, -0.05) is 39.0 Å². The van der Waals surface area contributed by atoms with Gasteiger partial charge in [0.15, 0.2) is 0 Å². The lowest BCUT2D eigenvalue weighted by Gasteiger charge is -2.13. The predicted octanol–water partition coefficient (Wildman–Crippen LogP) is 3.19. The zero-order valence-corrected chi connectivity index (χ0v) is 10.6. The quantitative estimate of drug-likeness (QED) is 0.714. The highest BCUT2D eigenvalue weighted by Gasteiger charge is 2.05. The van der Waals surface area contributed by atoms with Gasteiger partial charge in [-0.2, -0.15) is 0 Å². The zero-order chi connectivity index (χ0) is 11.8. The average Bonchev–Trinajstić information content (AvgIpc) is 2.29. The molecule has 90 valence electrons. The highest BCUT2D eigenvalue weighted by molar-refractivity contribution is 5.35. The third kappa shape index (κ3) is 4.23. The van der Waals surface area contributed by atoms with Crippen LogP contribution in [0.5, 0.6) is 5.75 Å². The minimum Gasteiger partial charge on any atom is -0.492 e. The minimum atomic E-state index is 0.514. The highest BCUT2D eigenvalue weighted by Crippen LogP contribution is 2.25. The molecular formula is C14H23NO. The molecule has 0 aliphatic heterocycles. The molecule has 0 aromatic heterocycles. The van der Waals surface area contributed by atoms with Crippen molar-refractivity contribution in [2.24, 2.45) is 0 Å². The van der Waals surface area contributed by atoms with Gasteiger partial charge in [0.1, 0.15) is 12.4 Å². The van der Waals surface area contributed by atoms with Crippen LogP contribution in [0.4, 0.5) is 0 Å². The lowest BCUT2D eigenvalue weighted by atomic mass is 10.0. The van der Waals surface area contributed by atoms with Gasteiger partial charge >= 0.3 is 0 Å². The molecule has 0 bridgehead atoms. The summed E-state index contributed by atoms with van der Waals surface area (Å²) in [7, 11) is 0. The zero-order valence-electron chi connectivity index (χ0n) is 10.6. The Kier molecular flexibility index (Phi) is 5.94. The van der Waals surface area contributed by atoms with Crippen molar-refractivity contribution in [2.75, 3.05) is 19.7 Å². The molecular weight excluding hydrogens is 198 g/mol. The van der Waals surface area contributed by atoms with E-state index in [0.717, 1.165) is 25.4 Å². The summed E-state index contributed by atoms with van der Waals surface area (Å²) in [5.74, 6) is 1.54. The lowest BCUT2D eigenvalue weighted by molar-refractivity contribution is 0.310. The second-order valence-electron chi connectivity index (χ2n) is 4.29. The molecule has 0 atom stereocenters. The van der Waals surface area contributed by atoms with E-state index >= 15 is 0 Å². The molecule has 1 aromatic carbocycles. The number of hydrogen-bond acceptors (Lipinski definition) is 2. The Bertz CT molecular complexity index is 297. The van der Waals surface area contributed by atoms with E-state index in [1.807, 2.05) is 6.07 Å². The Hall–Kier alpha value is -1.02. The molecule has 0 saturated heterocycles. The van der Waals surface area contributed by atoms with E-state index < -0.39 is 0 Å². The van der Waals surface area contributed by atoms with Crippen LogP contribution in [-0.2, 0) is 0 Å². The van der Waals surface area contributed by atoms with E-state index in [2.05, 4.69) is 44.3 Å². The SMILES string of the molecule is CCCNCCOc1ccccc1C(C)C. The van der Waals surface area contributed by atoms with E-state index in [4.69, 9.17) is 4.74 Å². The van der Waals surface area contributed by atoms with Crippen molar-refractivity contribution >= 4 is 0 Å². The van der Waals surface area contributed by atoms with Gasteiger partial charge in [-0.05, 0) is 30.5 Å². The van der Waals surface area contributed by atoms with Crippen molar-refractivity contribution in [1.82, 2.24) is 5.32 Å². The Labute approximate surface area is 99.0 Å². The van der Waals surface area contributed by atoms with Crippen LogP contribution < -0.4 is 10.1 Å². The molecule has 0 amide bonds. The molecule has 0 fully saturated rings. The first-order valence-electron chi connectivity index (χ1n) is 6.18. The number of hydrogen-bond donors (Lipinski definition) is 1. The first-order valence-corrected chi connectivity index (χ1v) is 6.18. The second kappa shape index (κ2) is 7.29. The van der Waals surface area contributed by atoms with Crippen LogP contribution in [0.1, 0.15) is 38.7 Å².